The maximum absolute atomic E-state index is 12.5. The fourth-order valence-electron chi connectivity index (χ4n) is 3.50. The summed E-state index contributed by atoms with van der Waals surface area (Å²) in [5.41, 5.74) is 4.07. The number of allylic oxidation sites excluding steroid dienone is 1. The summed E-state index contributed by atoms with van der Waals surface area (Å²) in [4.78, 5) is 12.5. The molecule has 196 valence electrons. The van der Waals surface area contributed by atoms with Crippen molar-refractivity contribution < 1.29 is 4.79 Å². The number of carbonyl (C=O) groups is 1. The summed E-state index contributed by atoms with van der Waals surface area (Å²) in [6.07, 6.45) is 4.43. The van der Waals surface area contributed by atoms with E-state index >= 15 is 0 Å². The number of hydrogen-bond donors (Lipinski definition) is 3. The van der Waals surface area contributed by atoms with Crippen LogP contribution in [0.3, 0.4) is 0 Å². The van der Waals surface area contributed by atoms with Gasteiger partial charge in [-0.15, -0.1) is 6.58 Å². The molecule has 0 heterocycles. The molecule has 2 aromatic carbocycles. The van der Waals surface area contributed by atoms with Gasteiger partial charge in [0.15, 0.2) is 0 Å². The van der Waals surface area contributed by atoms with Gasteiger partial charge in [0.05, 0.1) is 18.6 Å². The molecule has 0 saturated heterocycles. The van der Waals surface area contributed by atoms with Crippen molar-refractivity contribution in [3.05, 3.63) is 109 Å². The van der Waals surface area contributed by atoms with Gasteiger partial charge in [0, 0.05) is 11.4 Å². The van der Waals surface area contributed by atoms with Gasteiger partial charge in [-0.25, -0.2) is 0 Å². The lowest BCUT2D eigenvalue weighted by molar-refractivity contribution is -0.120. The van der Waals surface area contributed by atoms with E-state index in [-0.39, 0.29) is 24.5 Å². The number of nitrogens with one attached hydrogen (secondary N) is 3. The molecule has 0 aromatic heterocycles. The van der Waals surface area contributed by atoms with Crippen LogP contribution in [0.25, 0.3) is 0 Å². The normalized spacial score (nSPS) is 12.1. The molecule has 0 bridgehead atoms. The number of amides is 1. The van der Waals surface area contributed by atoms with Gasteiger partial charge in [0.2, 0.25) is 5.91 Å². The predicted octanol–water partition coefficient (Wildman–Crippen LogP) is 6.95. The molecule has 4 heteroatoms. The molecule has 0 saturated carbocycles. The Bertz CT molecular complexity index is 916. The molecule has 1 amide bonds. The number of carbonyl (C=O) groups excluding carboxylic acids is 1. The monoisotopic (exact) mass is 489 g/mol. The third kappa shape index (κ3) is 13.6. The van der Waals surface area contributed by atoms with Gasteiger partial charge in [-0.1, -0.05) is 115 Å². The third-order valence-electron chi connectivity index (χ3n) is 5.25. The zero-order chi connectivity index (χ0) is 26.9. The lowest BCUT2D eigenvalue weighted by Crippen LogP contribution is -2.41. The maximum Gasteiger partial charge on any atom is 0.240 e. The molecular formula is C32H47N3O. The maximum atomic E-state index is 12.5. The van der Waals surface area contributed by atoms with Gasteiger partial charge in [0.1, 0.15) is 0 Å². The highest BCUT2D eigenvalue weighted by Crippen LogP contribution is 2.15. The number of rotatable bonds is 14. The van der Waals surface area contributed by atoms with E-state index in [0.29, 0.717) is 5.92 Å². The first-order valence-corrected chi connectivity index (χ1v) is 13.0. The summed E-state index contributed by atoms with van der Waals surface area (Å²) in [5.74, 6) is 1.20. The average Bonchev–Trinajstić information content (AvgIpc) is 2.84. The zero-order valence-corrected chi connectivity index (χ0v) is 23.0. The number of benzene rings is 2. The molecule has 0 spiro atoms. The summed E-state index contributed by atoms with van der Waals surface area (Å²) >= 11 is 0. The number of aryl methyl sites for hydroxylation is 1. The lowest BCUT2D eigenvalue weighted by Gasteiger charge is -2.26. The van der Waals surface area contributed by atoms with E-state index in [1.807, 2.05) is 36.4 Å². The molecule has 0 aliphatic carbocycles. The second-order valence-electron chi connectivity index (χ2n) is 10.2. The van der Waals surface area contributed by atoms with Crippen LogP contribution in [0.2, 0.25) is 0 Å². The first-order valence-electron chi connectivity index (χ1n) is 13.0. The summed E-state index contributed by atoms with van der Waals surface area (Å²) in [6.45, 7) is 23.3. The molecule has 0 aliphatic heterocycles. The molecule has 0 aliphatic rings. The molecule has 2 rings (SSSR count). The Hall–Kier alpha value is -3.27. The Kier molecular flexibility index (Phi) is 14.7. The van der Waals surface area contributed by atoms with E-state index < -0.39 is 0 Å². The van der Waals surface area contributed by atoms with Gasteiger partial charge in [-0.05, 0) is 42.2 Å². The second kappa shape index (κ2) is 17.2. The van der Waals surface area contributed by atoms with Crippen LogP contribution in [0.1, 0.15) is 64.6 Å². The SMILES string of the molecule is C=CC(NC(=O)CNC(=C)C(CC(C)C)NC(=C)CCc1ccccc1)c1ccccc1.CC(C)C. The number of hydrogen-bond acceptors (Lipinski definition) is 3. The molecule has 4 nitrogen and oxygen atoms in total. The fraction of sp³-hybridized carbons (Fsp3) is 0.406. The Labute approximate surface area is 220 Å². The van der Waals surface area contributed by atoms with E-state index in [1.54, 1.807) is 6.08 Å². The van der Waals surface area contributed by atoms with E-state index in [4.69, 9.17) is 0 Å². The molecule has 2 aromatic rings. The quantitative estimate of drug-likeness (QED) is 0.252. The molecular weight excluding hydrogens is 442 g/mol. The Morgan fingerprint density at radius 2 is 1.44 bits per heavy atom. The van der Waals surface area contributed by atoms with Crippen LogP contribution >= 0.6 is 0 Å². The molecule has 2 atom stereocenters. The van der Waals surface area contributed by atoms with Gasteiger partial charge in [-0.3, -0.25) is 4.79 Å². The minimum absolute atomic E-state index is 0.00963. The van der Waals surface area contributed by atoms with Gasteiger partial charge >= 0.3 is 0 Å². The van der Waals surface area contributed by atoms with Crippen LogP contribution in [-0.2, 0) is 11.2 Å². The Balaban J connectivity index is 0.00000150. The van der Waals surface area contributed by atoms with Crippen molar-refractivity contribution in [1.29, 1.82) is 0 Å². The first kappa shape index (κ1) is 30.8. The second-order valence-corrected chi connectivity index (χ2v) is 10.2. The van der Waals surface area contributed by atoms with Crippen molar-refractivity contribution in [2.24, 2.45) is 11.8 Å². The summed E-state index contributed by atoms with van der Waals surface area (Å²) in [7, 11) is 0. The molecule has 3 N–H and O–H groups in total. The van der Waals surface area contributed by atoms with Crippen molar-refractivity contribution >= 4 is 5.91 Å². The van der Waals surface area contributed by atoms with Crippen LogP contribution in [0.4, 0.5) is 0 Å². The molecule has 36 heavy (non-hydrogen) atoms. The fourth-order valence-corrected chi connectivity index (χ4v) is 3.50. The van der Waals surface area contributed by atoms with Crippen molar-refractivity contribution in [3.8, 4) is 0 Å². The largest absolute Gasteiger partial charge is 0.381 e. The topological polar surface area (TPSA) is 53.2 Å². The smallest absolute Gasteiger partial charge is 0.240 e. The molecule has 2 unspecified atom stereocenters. The van der Waals surface area contributed by atoms with E-state index in [9.17, 15) is 4.79 Å². The van der Waals surface area contributed by atoms with Crippen molar-refractivity contribution in [3.63, 3.8) is 0 Å². The van der Waals surface area contributed by atoms with Crippen LogP contribution in [0, 0.1) is 11.8 Å². The standard InChI is InChI=1S/C28H37N3O.C4H10/c1-6-26(25-15-11-8-12-16-25)31-28(32)20-29-23(5)27(19-21(2)3)30-22(4)17-18-24-13-9-7-10-14-24;1-4(2)3/h6-16,21,26-27,29-30H,1,4-5,17-20H2,2-3H3,(H,31,32);4H,1-3H3. The van der Waals surface area contributed by atoms with Crippen LogP contribution in [0.15, 0.2) is 97.9 Å². The Morgan fingerprint density at radius 3 is 1.97 bits per heavy atom. The van der Waals surface area contributed by atoms with E-state index in [0.717, 1.165) is 42.1 Å². The Morgan fingerprint density at radius 1 is 0.889 bits per heavy atom. The highest BCUT2D eigenvalue weighted by molar-refractivity contribution is 5.79. The van der Waals surface area contributed by atoms with Crippen LogP contribution in [-0.4, -0.2) is 18.5 Å². The van der Waals surface area contributed by atoms with Gasteiger partial charge < -0.3 is 16.0 Å². The minimum atomic E-state index is -0.221. The van der Waals surface area contributed by atoms with Crippen LogP contribution in [0.5, 0.6) is 0 Å². The zero-order valence-electron chi connectivity index (χ0n) is 23.0. The highest BCUT2D eigenvalue weighted by atomic mass is 16.1. The summed E-state index contributed by atoms with van der Waals surface area (Å²) in [6, 6.07) is 20.0. The summed E-state index contributed by atoms with van der Waals surface area (Å²) < 4.78 is 0. The molecule has 0 radical (unpaired) electrons. The van der Waals surface area contributed by atoms with E-state index in [2.05, 4.69) is 94.6 Å². The minimum Gasteiger partial charge on any atom is -0.381 e. The lowest BCUT2D eigenvalue weighted by atomic mass is 10.0. The predicted molar refractivity (Wildman–Crippen MR) is 155 cm³/mol. The highest BCUT2D eigenvalue weighted by Gasteiger charge is 2.17. The van der Waals surface area contributed by atoms with Gasteiger partial charge in [0.25, 0.3) is 0 Å². The average molecular weight is 490 g/mol. The van der Waals surface area contributed by atoms with Crippen molar-refractivity contribution in [2.75, 3.05) is 6.54 Å². The van der Waals surface area contributed by atoms with Crippen LogP contribution < -0.4 is 16.0 Å². The third-order valence-corrected chi connectivity index (χ3v) is 5.25. The summed E-state index contributed by atoms with van der Waals surface area (Å²) in [5, 5.41) is 9.72. The van der Waals surface area contributed by atoms with Gasteiger partial charge in [-0.2, -0.15) is 0 Å². The van der Waals surface area contributed by atoms with E-state index in [1.165, 1.54) is 5.56 Å². The van der Waals surface area contributed by atoms with Crippen molar-refractivity contribution in [2.45, 2.75) is 66.0 Å². The van der Waals surface area contributed by atoms with Crippen molar-refractivity contribution in [1.82, 2.24) is 16.0 Å². The first-order chi connectivity index (χ1) is 17.1. The molecule has 0 fully saturated rings.